The molecular weight excluding hydrogens is 431 g/mol. The summed E-state index contributed by atoms with van der Waals surface area (Å²) < 4.78 is 45.8. The van der Waals surface area contributed by atoms with Crippen LogP contribution < -0.4 is 4.74 Å². The predicted molar refractivity (Wildman–Crippen MR) is 120 cm³/mol. The molecule has 1 aromatic heterocycles. The van der Waals surface area contributed by atoms with Gasteiger partial charge in [-0.05, 0) is 64.9 Å². The van der Waals surface area contributed by atoms with Crippen LogP contribution >= 0.6 is 0 Å². The number of nitrogens with one attached hydrogen (secondary N) is 1. The molecule has 1 heterocycles. The largest absolute Gasteiger partial charge is 0.493 e. The number of H-pyrrole nitrogens is 1. The van der Waals surface area contributed by atoms with E-state index in [0.29, 0.717) is 12.2 Å². The van der Waals surface area contributed by atoms with Crippen molar-refractivity contribution in [2.75, 3.05) is 6.61 Å². The predicted octanol–water partition coefficient (Wildman–Crippen LogP) is 6.49. The van der Waals surface area contributed by atoms with E-state index >= 15 is 0 Å². The summed E-state index contributed by atoms with van der Waals surface area (Å²) in [6, 6.07) is 18.7. The molecule has 0 aliphatic carbocycles. The molecule has 4 aromatic rings. The SMILES string of the molecule is O=C(O)CCc1ccc(OCCc2ccccc2C(F)(F)F)c(-c2ccc3[nH]ccc3c2)c1. The Kier molecular flexibility index (Phi) is 6.40. The average molecular weight is 453 g/mol. The van der Waals surface area contributed by atoms with Gasteiger partial charge in [-0.2, -0.15) is 13.2 Å². The van der Waals surface area contributed by atoms with Crippen molar-refractivity contribution in [3.63, 3.8) is 0 Å². The number of aromatic amines is 1. The minimum absolute atomic E-state index is 0.00468. The fraction of sp³-hybridized carbons (Fsp3) is 0.192. The van der Waals surface area contributed by atoms with Crippen molar-refractivity contribution in [2.45, 2.75) is 25.4 Å². The van der Waals surface area contributed by atoms with Crippen LogP contribution in [0.2, 0.25) is 0 Å². The standard InChI is InChI=1S/C26H22F3NO3/c27-26(28,29)22-4-2-1-3-18(22)12-14-33-24-9-5-17(6-10-25(31)32)15-21(24)19-7-8-23-20(16-19)11-13-30-23/h1-5,7-9,11,13,15-16,30H,6,10,12,14H2,(H,31,32). The molecule has 0 aliphatic rings. The van der Waals surface area contributed by atoms with Gasteiger partial charge >= 0.3 is 12.1 Å². The highest BCUT2D eigenvalue weighted by molar-refractivity contribution is 5.86. The van der Waals surface area contributed by atoms with Gasteiger partial charge in [-0.3, -0.25) is 4.79 Å². The van der Waals surface area contributed by atoms with E-state index < -0.39 is 17.7 Å². The number of ether oxygens (including phenoxy) is 1. The molecule has 0 amide bonds. The van der Waals surface area contributed by atoms with Gasteiger partial charge < -0.3 is 14.8 Å². The maximum Gasteiger partial charge on any atom is 0.416 e. The molecule has 7 heteroatoms. The molecule has 0 spiro atoms. The zero-order valence-electron chi connectivity index (χ0n) is 17.7. The Morgan fingerprint density at radius 2 is 1.79 bits per heavy atom. The zero-order valence-corrected chi connectivity index (χ0v) is 17.7. The van der Waals surface area contributed by atoms with Crippen molar-refractivity contribution < 1.29 is 27.8 Å². The Morgan fingerprint density at radius 3 is 2.58 bits per heavy atom. The second-order valence-corrected chi connectivity index (χ2v) is 7.76. The molecule has 0 unspecified atom stereocenters. The Morgan fingerprint density at radius 1 is 0.970 bits per heavy atom. The van der Waals surface area contributed by atoms with Gasteiger partial charge in [0, 0.05) is 30.1 Å². The topological polar surface area (TPSA) is 62.3 Å². The number of aryl methyl sites for hydroxylation is 1. The smallest absolute Gasteiger partial charge is 0.416 e. The van der Waals surface area contributed by atoms with E-state index in [-0.39, 0.29) is 25.0 Å². The number of hydrogen-bond acceptors (Lipinski definition) is 2. The first-order valence-corrected chi connectivity index (χ1v) is 10.5. The van der Waals surface area contributed by atoms with Crippen LogP contribution in [0.4, 0.5) is 13.2 Å². The third-order valence-corrected chi connectivity index (χ3v) is 5.49. The Balaban J connectivity index is 1.60. The van der Waals surface area contributed by atoms with Crippen molar-refractivity contribution in [1.29, 1.82) is 0 Å². The van der Waals surface area contributed by atoms with Gasteiger partial charge in [-0.15, -0.1) is 0 Å². The molecule has 0 saturated heterocycles. The minimum atomic E-state index is -4.42. The minimum Gasteiger partial charge on any atom is -0.493 e. The molecule has 0 fully saturated rings. The zero-order chi connectivity index (χ0) is 23.4. The first-order chi connectivity index (χ1) is 15.8. The van der Waals surface area contributed by atoms with E-state index in [4.69, 9.17) is 9.84 Å². The number of benzene rings is 3. The third kappa shape index (κ3) is 5.37. The molecule has 0 bridgehead atoms. The van der Waals surface area contributed by atoms with Crippen LogP contribution in [0.3, 0.4) is 0 Å². The summed E-state index contributed by atoms with van der Waals surface area (Å²) >= 11 is 0. The molecule has 3 aromatic carbocycles. The van der Waals surface area contributed by atoms with Crippen LogP contribution in [-0.4, -0.2) is 22.7 Å². The average Bonchev–Trinajstić information content (AvgIpc) is 3.26. The molecule has 33 heavy (non-hydrogen) atoms. The van der Waals surface area contributed by atoms with Gasteiger partial charge in [0.15, 0.2) is 0 Å². The van der Waals surface area contributed by atoms with Gasteiger partial charge in [0.25, 0.3) is 0 Å². The van der Waals surface area contributed by atoms with Crippen molar-refractivity contribution in [3.05, 3.63) is 89.6 Å². The highest BCUT2D eigenvalue weighted by atomic mass is 19.4. The van der Waals surface area contributed by atoms with Crippen molar-refractivity contribution in [3.8, 4) is 16.9 Å². The Hall–Kier alpha value is -3.74. The number of carboxylic acid groups (broad SMARTS) is 1. The molecule has 2 N–H and O–H groups in total. The summed E-state index contributed by atoms with van der Waals surface area (Å²) in [4.78, 5) is 14.1. The lowest BCUT2D eigenvalue weighted by molar-refractivity contribution is -0.138. The van der Waals surface area contributed by atoms with Crippen LogP contribution in [0, 0.1) is 0 Å². The number of aliphatic carboxylic acids is 1. The number of carboxylic acids is 1. The highest BCUT2D eigenvalue weighted by Gasteiger charge is 2.32. The van der Waals surface area contributed by atoms with Gasteiger partial charge in [-0.25, -0.2) is 0 Å². The lowest BCUT2D eigenvalue weighted by atomic mass is 9.98. The van der Waals surface area contributed by atoms with E-state index in [0.717, 1.165) is 33.7 Å². The summed E-state index contributed by atoms with van der Waals surface area (Å²) in [6.45, 7) is 0.0704. The fourth-order valence-electron chi connectivity index (χ4n) is 3.84. The number of alkyl halides is 3. The monoisotopic (exact) mass is 453 g/mol. The number of carbonyl (C=O) groups is 1. The maximum atomic E-state index is 13.3. The van der Waals surface area contributed by atoms with Crippen LogP contribution in [0.25, 0.3) is 22.0 Å². The molecule has 0 atom stereocenters. The number of aromatic nitrogens is 1. The summed E-state index contributed by atoms with van der Waals surface area (Å²) in [6.07, 6.45) is -2.10. The summed E-state index contributed by atoms with van der Waals surface area (Å²) in [5, 5.41) is 10.0. The van der Waals surface area contributed by atoms with E-state index in [2.05, 4.69) is 4.98 Å². The molecule has 170 valence electrons. The molecule has 4 rings (SSSR count). The molecule has 0 saturated carbocycles. The maximum absolute atomic E-state index is 13.3. The summed E-state index contributed by atoms with van der Waals surface area (Å²) in [5.74, 6) is -0.345. The quantitative estimate of drug-likeness (QED) is 0.320. The van der Waals surface area contributed by atoms with E-state index in [1.165, 1.54) is 12.1 Å². The van der Waals surface area contributed by atoms with Crippen LogP contribution in [0.15, 0.2) is 72.9 Å². The second-order valence-electron chi connectivity index (χ2n) is 7.76. The fourth-order valence-corrected chi connectivity index (χ4v) is 3.84. The van der Waals surface area contributed by atoms with Crippen molar-refractivity contribution in [2.24, 2.45) is 0 Å². The number of hydrogen-bond donors (Lipinski definition) is 2. The summed E-state index contributed by atoms with van der Waals surface area (Å²) in [7, 11) is 0. The normalized spacial score (nSPS) is 11.6. The lowest BCUT2D eigenvalue weighted by Crippen LogP contribution is -2.11. The highest BCUT2D eigenvalue weighted by Crippen LogP contribution is 2.35. The number of fused-ring (bicyclic) bond motifs is 1. The first kappa shape index (κ1) is 22.5. The van der Waals surface area contributed by atoms with E-state index in [1.54, 1.807) is 18.2 Å². The van der Waals surface area contributed by atoms with Gasteiger partial charge in [0.1, 0.15) is 5.75 Å². The van der Waals surface area contributed by atoms with Crippen molar-refractivity contribution >= 4 is 16.9 Å². The molecule has 0 aliphatic heterocycles. The summed E-state index contributed by atoms with van der Waals surface area (Å²) in [5.41, 5.74) is 2.99. The Bertz CT molecular complexity index is 1280. The number of halogens is 3. The van der Waals surface area contributed by atoms with Crippen LogP contribution in [0.1, 0.15) is 23.1 Å². The number of rotatable bonds is 8. The second kappa shape index (κ2) is 9.40. The van der Waals surface area contributed by atoms with Gasteiger partial charge in [-0.1, -0.05) is 30.3 Å². The first-order valence-electron chi connectivity index (χ1n) is 10.5. The molecular formula is C26H22F3NO3. The van der Waals surface area contributed by atoms with E-state index in [9.17, 15) is 18.0 Å². The van der Waals surface area contributed by atoms with Crippen molar-refractivity contribution in [1.82, 2.24) is 4.98 Å². The van der Waals surface area contributed by atoms with Crippen LogP contribution in [-0.2, 0) is 23.8 Å². The van der Waals surface area contributed by atoms with Gasteiger partial charge in [0.2, 0.25) is 0 Å². The van der Waals surface area contributed by atoms with E-state index in [1.807, 2.05) is 36.5 Å². The molecule has 0 radical (unpaired) electrons. The third-order valence-electron chi connectivity index (χ3n) is 5.49. The Labute approximate surface area is 188 Å². The van der Waals surface area contributed by atoms with Crippen LogP contribution in [0.5, 0.6) is 5.75 Å². The van der Waals surface area contributed by atoms with Gasteiger partial charge in [0.05, 0.1) is 12.2 Å². The lowest BCUT2D eigenvalue weighted by Gasteiger charge is -2.16. The molecule has 4 nitrogen and oxygen atoms in total.